The Kier molecular flexibility index (Phi) is 6.51. The summed E-state index contributed by atoms with van der Waals surface area (Å²) in [5.41, 5.74) is 1.72. The Morgan fingerprint density at radius 1 is 1.00 bits per heavy atom. The van der Waals surface area contributed by atoms with E-state index in [1.807, 2.05) is 0 Å². The predicted molar refractivity (Wildman–Crippen MR) is 129 cm³/mol. The van der Waals surface area contributed by atoms with Crippen molar-refractivity contribution in [3.05, 3.63) is 57.8 Å². The number of hydrogen-bond donors (Lipinski definition) is 2. The lowest BCUT2D eigenvalue weighted by atomic mass is 9.95. The molecule has 2 aromatic carbocycles. The number of rotatable bonds is 5. The number of hydrogen-bond acceptors (Lipinski definition) is 8. The Bertz CT molecular complexity index is 1340. The average Bonchev–Trinajstić information content (AvgIpc) is 3.55. The topological polar surface area (TPSA) is 123 Å². The first-order chi connectivity index (χ1) is 17.4. The highest BCUT2D eigenvalue weighted by molar-refractivity contribution is 7.15. The third kappa shape index (κ3) is 4.98. The second kappa shape index (κ2) is 9.90. The summed E-state index contributed by atoms with van der Waals surface area (Å²) in [5.74, 6) is -0.470. The van der Waals surface area contributed by atoms with Crippen LogP contribution in [0.2, 0.25) is 0 Å². The Labute approximate surface area is 209 Å². The lowest BCUT2D eigenvalue weighted by Gasteiger charge is -2.30. The molecule has 2 aliphatic rings. The highest BCUT2D eigenvalue weighted by atomic mass is 32.1. The number of carbonyl (C=O) groups is 3. The van der Waals surface area contributed by atoms with Crippen molar-refractivity contribution in [2.45, 2.75) is 19.8 Å². The summed E-state index contributed by atoms with van der Waals surface area (Å²) in [6.07, 6.45) is 0.960. The monoisotopic (exact) mass is 511 g/mol. The maximum Gasteiger partial charge on any atom is 0.286 e. The van der Waals surface area contributed by atoms with Gasteiger partial charge in [-0.2, -0.15) is 0 Å². The second-order valence-corrected chi connectivity index (χ2v) is 9.43. The summed E-state index contributed by atoms with van der Waals surface area (Å²) in [7, 11) is 0. The molecular weight excluding hydrogens is 489 g/mol. The zero-order valence-electron chi connectivity index (χ0n) is 19.2. The number of fused-ring (bicyclic) bond motifs is 1. The molecule has 12 heteroatoms. The van der Waals surface area contributed by atoms with E-state index in [0.29, 0.717) is 54.4 Å². The maximum absolute atomic E-state index is 13.3. The maximum atomic E-state index is 13.3. The molecule has 0 radical (unpaired) electrons. The summed E-state index contributed by atoms with van der Waals surface area (Å²) in [6, 6.07) is 9.22. The smallest absolute Gasteiger partial charge is 0.286 e. The third-order valence-corrected chi connectivity index (χ3v) is 6.94. The molecule has 3 heterocycles. The van der Waals surface area contributed by atoms with Gasteiger partial charge in [0.1, 0.15) is 5.82 Å². The van der Waals surface area contributed by atoms with Gasteiger partial charge < -0.3 is 25.0 Å². The van der Waals surface area contributed by atoms with Gasteiger partial charge in [0.15, 0.2) is 11.5 Å². The molecule has 5 rings (SSSR count). The number of amides is 3. The number of nitrogens with one attached hydrogen (secondary N) is 2. The van der Waals surface area contributed by atoms with Crippen LogP contribution in [0.4, 0.5) is 15.8 Å². The molecule has 1 aromatic heterocycles. The van der Waals surface area contributed by atoms with E-state index in [-0.39, 0.29) is 40.4 Å². The quantitative estimate of drug-likeness (QED) is 0.538. The molecule has 2 aliphatic heterocycles. The van der Waals surface area contributed by atoms with Crippen LogP contribution in [0.25, 0.3) is 0 Å². The Morgan fingerprint density at radius 2 is 1.75 bits per heavy atom. The van der Waals surface area contributed by atoms with Crippen molar-refractivity contribution < 1.29 is 28.2 Å². The van der Waals surface area contributed by atoms with Crippen molar-refractivity contribution in [1.29, 1.82) is 0 Å². The van der Waals surface area contributed by atoms with Crippen LogP contribution in [0.3, 0.4) is 0 Å². The molecule has 0 spiro atoms. The molecule has 2 N–H and O–H groups in total. The van der Waals surface area contributed by atoms with Crippen molar-refractivity contribution in [3.8, 4) is 11.5 Å². The van der Waals surface area contributed by atoms with Crippen LogP contribution < -0.4 is 20.1 Å². The van der Waals surface area contributed by atoms with Gasteiger partial charge in [-0.25, -0.2) is 4.39 Å². The number of benzene rings is 2. The van der Waals surface area contributed by atoms with Crippen molar-refractivity contribution in [3.63, 3.8) is 0 Å². The minimum absolute atomic E-state index is 0.0555. The van der Waals surface area contributed by atoms with E-state index in [4.69, 9.17) is 9.47 Å². The molecule has 0 bridgehead atoms. The fraction of sp³-hybridized carbons (Fsp3) is 0.292. The van der Waals surface area contributed by atoms with Gasteiger partial charge in [-0.1, -0.05) is 11.3 Å². The summed E-state index contributed by atoms with van der Waals surface area (Å²) >= 11 is 0.908. The van der Waals surface area contributed by atoms with Gasteiger partial charge in [-0.15, -0.1) is 10.2 Å². The molecule has 1 fully saturated rings. The average molecular weight is 512 g/mol. The fourth-order valence-electron chi connectivity index (χ4n) is 4.04. The molecule has 0 unspecified atom stereocenters. The van der Waals surface area contributed by atoms with Gasteiger partial charge in [0.05, 0.1) is 0 Å². The lowest BCUT2D eigenvalue weighted by Crippen LogP contribution is -2.41. The van der Waals surface area contributed by atoms with E-state index in [1.165, 1.54) is 18.2 Å². The summed E-state index contributed by atoms with van der Waals surface area (Å²) in [6.45, 7) is 2.60. The third-order valence-electron chi connectivity index (χ3n) is 6.03. The van der Waals surface area contributed by atoms with Crippen molar-refractivity contribution in [2.24, 2.45) is 5.92 Å². The van der Waals surface area contributed by atoms with Crippen LogP contribution in [0.15, 0.2) is 36.4 Å². The van der Waals surface area contributed by atoms with E-state index in [1.54, 1.807) is 30.0 Å². The Balaban J connectivity index is 1.15. The van der Waals surface area contributed by atoms with Gasteiger partial charge in [0.2, 0.25) is 22.7 Å². The highest BCUT2D eigenvalue weighted by Gasteiger charge is 2.30. The summed E-state index contributed by atoms with van der Waals surface area (Å²) in [5, 5.41) is 13.5. The van der Waals surface area contributed by atoms with Gasteiger partial charge in [-0.05, 0) is 55.7 Å². The van der Waals surface area contributed by atoms with Crippen LogP contribution in [-0.4, -0.2) is 52.7 Å². The summed E-state index contributed by atoms with van der Waals surface area (Å²) < 4.78 is 23.9. The fourth-order valence-corrected chi connectivity index (χ4v) is 4.75. The molecule has 186 valence electrons. The second-order valence-electron chi connectivity index (χ2n) is 8.45. The number of halogens is 1. The number of aromatic nitrogens is 2. The van der Waals surface area contributed by atoms with Crippen LogP contribution in [0.5, 0.6) is 11.5 Å². The minimum Gasteiger partial charge on any atom is -0.454 e. The molecule has 0 atom stereocenters. The highest BCUT2D eigenvalue weighted by Crippen LogP contribution is 2.34. The van der Waals surface area contributed by atoms with Gasteiger partial charge in [0, 0.05) is 36.4 Å². The zero-order valence-corrected chi connectivity index (χ0v) is 20.1. The number of piperidine rings is 1. The largest absolute Gasteiger partial charge is 0.454 e. The zero-order chi connectivity index (χ0) is 25.2. The van der Waals surface area contributed by atoms with Gasteiger partial charge >= 0.3 is 0 Å². The number of anilines is 2. The standard InChI is InChI=1S/C24H22FN5O5S/c1-13-10-15(25)2-4-17(13)27-20(31)14-6-8-30(9-7-14)24(33)23-29-28-22(36-23)21(32)26-16-3-5-18-19(11-16)35-12-34-18/h2-5,10-11,14H,6-9,12H2,1H3,(H,26,32)(H,27,31). The number of aryl methyl sites for hydroxylation is 1. The Hall–Kier alpha value is -4.06. The molecule has 3 aromatic rings. The number of nitrogens with zero attached hydrogens (tertiary/aromatic N) is 3. The van der Waals surface area contributed by atoms with E-state index < -0.39 is 5.91 Å². The van der Waals surface area contributed by atoms with Crippen molar-refractivity contribution in [1.82, 2.24) is 15.1 Å². The van der Waals surface area contributed by atoms with Crippen LogP contribution >= 0.6 is 11.3 Å². The van der Waals surface area contributed by atoms with E-state index in [2.05, 4.69) is 20.8 Å². The van der Waals surface area contributed by atoms with Crippen LogP contribution in [-0.2, 0) is 4.79 Å². The number of ether oxygens (including phenoxy) is 2. The molecule has 0 aliphatic carbocycles. The first-order valence-corrected chi connectivity index (χ1v) is 12.1. The normalized spacial score (nSPS) is 15.0. The van der Waals surface area contributed by atoms with Gasteiger partial charge in [0.25, 0.3) is 11.8 Å². The Morgan fingerprint density at radius 3 is 2.53 bits per heavy atom. The molecule has 10 nitrogen and oxygen atoms in total. The first-order valence-electron chi connectivity index (χ1n) is 11.3. The van der Waals surface area contributed by atoms with Gasteiger partial charge in [-0.3, -0.25) is 14.4 Å². The van der Waals surface area contributed by atoms with Crippen molar-refractivity contribution in [2.75, 3.05) is 30.5 Å². The molecule has 1 saturated heterocycles. The van der Waals surface area contributed by atoms with E-state index in [9.17, 15) is 18.8 Å². The SMILES string of the molecule is Cc1cc(F)ccc1NC(=O)C1CCN(C(=O)c2nnc(C(=O)Nc3ccc4c(c3)OCO4)s2)CC1. The van der Waals surface area contributed by atoms with E-state index >= 15 is 0 Å². The van der Waals surface area contributed by atoms with E-state index in [0.717, 1.165) is 11.3 Å². The predicted octanol–water partition coefficient (Wildman–Crippen LogP) is 3.46. The molecule has 3 amide bonds. The molecular formula is C24H22FN5O5S. The first kappa shape index (κ1) is 23.7. The lowest BCUT2D eigenvalue weighted by molar-refractivity contribution is -0.121. The summed E-state index contributed by atoms with van der Waals surface area (Å²) in [4.78, 5) is 39.7. The molecule has 36 heavy (non-hydrogen) atoms. The van der Waals surface area contributed by atoms with Crippen LogP contribution in [0.1, 0.15) is 38.0 Å². The minimum atomic E-state index is -0.489. The number of carbonyl (C=O) groups excluding carboxylic acids is 3. The van der Waals surface area contributed by atoms with Crippen LogP contribution in [0, 0.1) is 18.7 Å². The number of likely N-dealkylation sites (tertiary alicyclic amines) is 1. The van der Waals surface area contributed by atoms with Crippen molar-refractivity contribution >= 4 is 40.4 Å². The molecule has 0 saturated carbocycles.